The van der Waals surface area contributed by atoms with E-state index >= 15 is 0 Å². The first-order chi connectivity index (χ1) is 13.6. The van der Waals surface area contributed by atoms with E-state index in [1.165, 1.54) is 31.5 Å². The van der Waals surface area contributed by atoms with Crippen LogP contribution >= 0.6 is 0 Å². The van der Waals surface area contributed by atoms with Gasteiger partial charge in [0, 0.05) is 25.7 Å². The highest BCUT2D eigenvalue weighted by Gasteiger charge is 2.30. The van der Waals surface area contributed by atoms with Gasteiger partial charge >= 0.3 is 0 Å². The van der Waals surface area contributed by atoms with Crippen molar-refractivity contribution in [2.75, 3.05) is 26.7 Å². The smallest absolute Gasteiger partial charge is 0.236 e. The number of aromatic nitrogens is 3. The average molecular weight is 383 g/mol. The van der Waals surface area contributed by atoms with Crippen molar-refractivity contribution in [3.8, 4) is 11.3 Å². The Morgan fingerprint density at radius 3 is 2.71 bits per heavy atom. The van der Waals surface area contributed by atoms with E-state index in [1.54, 1.807) is 7.05 Å². The fourth-order valence-electron chi connectivity index (χ4n) is 4.14. The number of nitrogens with one attached hydrogen (secondary N) is 2. The van der Waals surface area contributed by atoms with Crippen molar-refractivity contribution >= 4 is 5.91 Å². The average Bonchev–Trinajstić information content (AvgIpc) is 3.39. The van der Waals surface area contributed by atoms with E-state index in [0.717, 1.165) is 36.7 Å². The second kappa shape index (κ2) is 8.41. The molecule has 28 heavy (non-hydrogen) atoms. The molecule has 2 N–H and O–H groups in total. The van der Waals surface area contributed by atoms with Crippen molar-refractivity contribution in [2.24, 2.45) is 5.92 Å². The predicted molar refractivity (Wildman–Crippen MR) is 109 cm³/mol. The Balaban J connectivity index is 1.37. The zero-order chi connectivity index (χ0) is 19.5. The van der Waals surface area contributed by atoms with Crippen LogP contribution < -0.4 is 10.6 Å². The number of carbonyl (C=O) groups is 1. The lowest BCUT2D eigenvalue weighted by molar-refractivity contribution is -0.122. The highest BCUT2D eigenvalue weighted by Crippen LogP contribution is 2.24. The number of carbonyl (C=O) groups excluding carboxylic acids is 1. The number of amides is 1. The maximum Gasteiger partial charge on any atom is 0.236 e. The fourth-order valence-corrected chi connectivity index (χ4v) is 4.14. The van der Waals surface area contributed by atoms with E-state index in [2.05, 4.69) is 57.0 Å². The third-order valence-corrected chi connectivity index (χ3v) is 6.09. The third-order valence-electron chi connectivity index (χ3n) is 6.09. The van der Waals surface area contributed by atoms with Crippen LogP contribution in [-0.4, -0.2) is 58.5 Å². The minimum Gasteiger partial charge on any atom is -0.358 e. The normalized spacial score (nSPS) is 23.8. The van der Waals surface area contributed by atoms with Crippen LogP contribution in [0.1, 0.15) is 37.8 Å². The molecule has 2 aliphatic rings. The Morgan fingerprint density at radius 2 is 2.00 bits per heavy atom. The van der Waals surface area contributed by atoms with Crippen LogP contribution in [0.3, 0.4) is 0 Å². The van der Waals surface area contributed by atoms with Crippen LogP contribution in [0.15, 0.2) is 30.5 Å². The van der Waals surface area contributed by atoms with Gasteiger partial charge in [-0.05, 0) is 43.8 Å². The van der Waals surface area contributed by atoms with Crippen LogP contribution in [0.5, 0.6) is 0 Å². The molecule has 7 heteroatoms. The van der Waals surface area contributed by atoms with Crippen LogP contribution in [0.25, 0.3) is 11.3 Å². The summed E-state index contributed by atoms with van der Waals surface area (Å²) in [6.07, 6.45) is 5.32. The van der Waals surface area contributed by atoms with Crippen LogP contribution in [0.2, 0.25) is 0 Å². The molecule has 0 unspecified atom stereocenters. The molecule has 0 aliphatic carbocycles. The Morgan fingerprint density at radius 1 is 1.25 bits per heavy atom. The van der Waals surface area contributed by atoms with Gasteiger partial charge in [0.2, 0.25) is 5.91 Å². The first kappa shape index (κ1) is 19.1. The second-order valence-corrected chi connectivity index (χ2v) is 8.20. The Bertz CT molecular complexity index is 793. The molecule has 2 aromatic rings. The summed E-state index contributed by atoms with van der Waals surface area (Å²) in [6.45, 7) is 6.50. The summed E-state index contributed by atoms with van der Waals surface area (Å²) in [5, 5.41) is 14.6. The molecule has 1 aromatic heterocycles. The zero-order valence-electron chi connectivity index (χ0n) is 16.8. The molecule has 2 aliphatic heterocycles. The monoisotopic (exact) mass is 382 g/mol. The summed E-state index contributed by atoms with van der Waals surface area (Å²) < 4.78 is 1.88. The summed E-state index contributed by atoms with van der Waals surface area (Å²) in [6, 6.07) is 8.67. The number of piperidine rings is 1. The first-order valence-electron chi connectivity index (χ1n) is 10.3. The molecule has 2 fully saturated rings. The Labute approximate surface area is 166 Å². The van der Waals surface area contributed by atoms with Gasteiger partial charge < -0.3 is 10.6 Å². The van der Waals surface area contributed by atoms with Crippen LogP contribution in [0.4, 0.5) is 0 Å². The molecular formula is C21H30N6O. The maximum atomic E-state index is 11.8. The molecule has 2 saturated heterocycles. The number of hydrogen-bond acceptors (Lipinski definition) is 5. The van der Waals surface area contributed by atoms with Crippen molar-refractivity contribution < 1.29 is 4.79 Å². The van der Waals surface area contributed by atoms with Gasteiger partial charge in [-0.25, -0.2) is 4.68 Å². The van der Waals surface area contributed by atoms with Crippen molar-refractivity contribution in [2.45, 2.75) is 44.8 Å². The van der Waals surface area contributed by atoms with Gasteiger partial charge in [0.05, 0.1) is 18.3 Å². The molecule has 7 nitrogen and oxygen atoms in total. The predicted octanol–water partition coefficient (Wildman–Crippen LogP) is 1.83. The molecule has 4 rings (SSSR count). The van der Waals surface area contributed by atoms with E-state index in [9.17, 15) is 4.79 Å². The fraction of sp³-hybridized carbons (Fsp3) is 0.571. The lowest BCUT2D eigenvalue weighted by Crippen LogP contribution is -2.38. The largest absolute Gasteiger partial charge is 0.358 e. The summed E-state index contributed by atoms with van der Waals surface area (Å²) in [5.74, 6) is 0.893. The molecule has 0 saturated carbocycles. The lowest BCUT2D eigenvalue weighted by Gasteiger charge is -2.30. The lowest BCUT2D eigenvalue weighted by atomic mass is 9.99. The van der Waals surface area contributed by atoms with E-state index < -0.39 is 0 Å². The number of hydrogen-bond donors (Lipinski definition) is 2. The Hall–Kier alpha value is -2.25. The number of nitrogens with zero attached hydrogens (tertiary/aromatic N) is 4. The van der Waals surface area contributed by atoms with Gasteiger partial charge in [-0.1, -0.05) is 36.4 Å². The topological polar surface area (TPSA) is 75.1 Å². The zero-order valence-corrected chi connectivity index (χ0v) is 16.8. The summed E-state index contributed by atoms with van der Waals surface area (Å²) in [7, 11) is 1.67. The Kier molecular flexibility index (Phi) is 5.73. The van der Waals surface area contributed by atoms with Crippen molar-refractivity contribution in [3.63, 3.8) is 0 Å². The minimum atomic E-state index is -0.153. The summed E-state index contributed by atoms with van der Waals surface area (Å²) in [5.41, 5.74) is 3.30. The summed E-state index contributed by atoms with van der Waals surface area (Å²) in [4.78, 5) is 14.3. The molecule has 0 spiro atoms. The molecule has 0 radical (unpaired) electrons. The van der Waals surface area contributed by atoms with Gasteiger partial charge in [-0.2, -0.15) is 0 Å². The van der Waals surface area contributed by atoms with E-state index in [4.69, 9.17) is 0 Å². The van der Waals surface area contributed by atoms with E-state index in [1.807, 2.05) is 10.9 Å². The molecule has 150 valence electrons. The number of rotatable bonds is 5. The summed E-state index contributed by atoms with van der Waals surface area (Å²) >= 11 is 0. The van der Waals surface area contributed by atoms with Crippen molar-refractivity contribution in [1.82, 2.24) is 30.5 Å². The molecule has 3 heterocycles. The van der Waals surface area contributed by atoms with Gasteiger partial charge in [-0.3, -0.25) is 9.69 Å². The number of likely N-dealkylation sites (tertiary alicyclic amines) is 1. The first-order valence-corrected chi connectivity index (χ1v) is 10.3. The van der Waals surface area contributed by atoms with Crippen molar-refractivity contribution in [1.29, 1.82) is 0 Å². The highest BCUT2D eigenvalue weighted by molar-refractivity contribution is 5.81. The van der Waals surface area contributed by atoms with Gasteiger partial charge in [0.1, 0.15) is 5.69 Å². The van der Waals surface area contributed by atoms with E-state index in [-0.39, 0.29) is 18.0 Å². The number of likely N-dealkylation sites (N-methyl/N-ethyl adjacent to an activating group) is 1. The second-order valence-electron chi connectivity index (χ2n) is 8.20. The van der Waals surface area contributed by atoms with Gasteiger partial charge in [-0.15, -0.1) is 5.10 Å². The van der Waals surface area contributed by atoms with E-state index in [0.29, 0.717) is 0 Å². The standard InChI is InChI=1S/C21H30N6O/c1-15-7-9-26(10-8-15)13-16-3-5-17(6-4-16)20-14-27(25-24-20)18-11-19(23-12-18)21(28)22-2/h3-6,14-15,18-19,23H,7-13H2,1-2H3,(H,22,28)/t18-,19+/m1/s1. The highest BCUT2D eigenvalue weighted by atomic mass is 16.2. The van der Waals surface area contributed by atoms with Crippen LogP contribution in [-0.2, 0) is 11.3 Å². The third kappa shape index (κ3) is 4.25. The molecule has 2 atom stereocenters. The van der Waals surface area contributed by atoms with Gasteiger partial charge in [0.25, 0.3) is 0 Å². The van der Waals surface area contributed by atoms with Crippen molar-refractivity contribution in [3.05, 3.63) is 36.0 Å². The SMILES string of the molecule is CNC(=O)[C@@H]1C[C@@H](n2cc(-c3ccc(CN4CCC(C)CC4)cc3)nn2)CN1. The molecule has 1 amide bonds. The molecular weight excluding hydrogens is 352 g/mol. The van der Waals surface area contributed by atoms with Gasteiger partial charge in [0.15, 0.2) is 0 Å². The quantitative estimate of drug-likeness (QED) is 0.825. The molecule has 0 bridgehead atoms. The number of benzene rings is 1. The molecule has 1 aromatic carbocycles. The maximum absolute atomic E-state index is 11.8. The van der Waals surface area contributed by atoms with Crippen LogP contribution in [0, 0.1) is 5.92 Å². The minimum absolute atomic E-state index is 0.0293.